The highest BCUT2D eigenvalue weighted by Crippen LogP contribution is 1.98. The van der Waals surface area contributed by atoms with E-state index in [0.717, 1.165) is 19.3 Å². The van der Waals surface area contributed by atoms with Gasteiger partial charge in [-0.15, -0.1) is 5.92 Å². The van der Waals surface area contributed by atoms with Crippen molar-refractivity contribution in [2.24, 2.45) is 0 Å². The summed E-state index contributed by atoms with van der Waals surface area (Å²) in [6.45, 7) is 4.34. The zero-order valence-electron chi connectivity index (χ0n) is 10.1. The maximum Gasteiger partial charge on any atom is 0.133 e. The molecule has 0 radical (unpaired) electrons. The van der Waals surface area contributed by atoms with Gasteiger partial charge in [-0.2, -0.15) is 0 Å². The molecule has 0 amide bonds. The summed E-state index contributed by atoms with van der Waals surface area (Å²) in [5, 5.41) is 9.44. The number of hydrogen-bond donors (Lipinski definition) is 1. The summed E-state index contributed by atoms with van der Waals surface area (Å²) < 4.78 is 0. The Hall–Kier alpha value is -0.740. The van der Waals surface area contributed by atoms with E-state index in [4.69, 9.17) is 0 Å². The van der Waals surface area contributed by atoms with Crippen LogP contribution in [0.1, 0.15) is 58.8 Å². The quantitative estimate of drug-likeness (QED) is 0.384. The van der Waals surface area contributed by atoms with Crippen LogP contribution >= 0.6 is 0 Å². The van der Waals surface area contributed by atoms with Crippen LogP contribution in [0.25, 0.3) is 0 Å². The minimum Gasteiger partial charge on any atom is -0.377 e. The van der Waals surface area contributed by atoms with E-state index >= 15 is 0 Å². The number of aliphatic hydroxyl groups is 1. The van der Waals surface area contributed by atoms with E-state index in [0.29, 0.717) is 0 Å². The molecule has 0 aliphatic carbocycles. The van der Waals surface area contributed by atoms with Crippen molar-refractivity contribution < 1.29 is 5.11 Å². The fourth-order valence-electron chi connectivity index (χ4n) is 1.24. The molecule has 0 rings (SSSR count). The molecule has 0 saturated carbocycles. The monoisotopic (exact) mass is 208 g/mol. The molecule has 0 aromatic carbocycles. The summed E-state index contributed by atoms with van der Waals surface area (Å²) in [6.07, 6.45) is 11.2. The van der Waals surface area contributed by atoms with E-state index in [1.807, 2.05) is 6.08 Å². The molecule has 0 fully saturated rings. The Bertz CT molecular complexity index is 207. The smallest absolute Gasteiger partial charge is 0.133 e. The zero-order chi connectivity index (χ0) is 11.4. The van der Waals surface area contributed by atoms with Crippen molar-refractivity contribution >= 4 is 0 Å². The van der Waals surface area contributed by atoms with E-state index < -0.39 is 6.10 Å². The predicted molar refractivity (Wildman–Crippen MR) is 66.6 cm³/mol. The van der Waals surface area contributed by atoms with Crippen molar-refractivity contribution in [2.45, 2.75) is 64.9 Å². The minimum absolute atomic E-state index is 0.566. The molecule has 0 aliphatic heterocycles. The number of unbranched alkanes of at least 4 members (excludes halogenated alkanes) is 5. The minimum atomic E-state index is -0.566. The van der Waals surface area contributed by atoms with Gasteiger partial charge in [0.25, 0.3) is 0 Å². The molecule has 86 valence electrons. The highest BCUT2D eigenvalue weighted by Gasteiger charge is 1.89. The molecule has 0 aliphatic rings. The first kappa shape index (κ1) is 14.3. The molecule has 0 aromatic heterocycles. The van der Waals surface area contributed by atoms with Crippen LogP contribution in [-0.2, 0) is 0 Å². The van der Waals surface area contributed by atoms with Crippen molar-refractivity contribution in [3.63, 3.8) is 0 Å². The van der Waals surface area contributed by atoms with Gasteiger partial charge in [-0.3, -0.25) is 0 Å². The van der Waals surface area contributed by atoms with Gasteiger partial charge in [0.2, 0.25) is 0 Å². The van der Waals surface area contributed by atoms with E-state index in [2.05, 4.69) is 25.7 Å². The van der Waals surface area contributed by atoms with Gasteiger partial charge < -0.3 is 5.11 Å². The van der Waals surface area contributed by atoms with Crippen LogP contribution in [0.2, 0.25) is 0 Å². The first-order chi connectivity index (χ1) is 7.31. The standard InChI is InChI=1S/C14H24O/c1-3-5-7-9-11-13-14(15)12-10-8-6-4-2/h10,12,14-15H,3-9H2,1-2H3/b12-10-. The third-order valence-electron chi connectivity index (χ3n) is 2.20. The van der Waals surface area contributed by atoms with Crippen LogP contribution in [0.5, 0.6) is 0 Å². The normalized spacial score (nSPS) is 12.5. The topological polar surface area (TPSA) is 20.2 Å². The van der Waals surface area contributed by atoms with Crippen LogP contribution in [0, 0.1) is 11.8 Å². The van der Waals surface area contributed by atoms with Gasteiger partial charge in [0.15, 0.2) is 0 Å². The van der Waals surface area contributed by atoms with Crippen molar-refractivity contribution in [3.05, 3.63) is 12.2 Å². The second-order valence-electron chi connectivity index (χ2n) is 3.79. The summed E-state index contributed by atoms with van der Waals surface area (Å²) in [5.41, 5.74) is 0. The van der Waals surface area contributed by atoms with Crippen molar-refractivity contribution in [1.82, 2.24) is 0 Å². The Morgan fingerprint density at radius 3 is 2.53 bits per heavy atom. The Morgan fingerprint density at radius 1 is 1.13 bits per heavy atom. The molecule has 0 heterocycles. The molecule has 0 aromatic rings. The third-order valence-corrected chi connectivity index (χ3v) is 2.20. The molecule has 0 bridgehead atoms. The Morgan fingerprint density at radius 2 is 1.87 bits per heavy atom. The summed E-state index contributed by atoms with van der Waals surface area (Å²) in [7, 11) is 0. The fraction of sp³-hybridized carbons (Fsp3) is 0.714. The highest BCUT2D eigenvalue weighted by atomic mass is 16.3. The molecule has 1 heteroatoms. The molecule has 15 heavy (non-hydrogen) atoms. The van der Waals surface area contributed by atoms with E-state index in [1.54, 1.807) is 6.08 Å². The number of aliphatic hydroxyl groups excluding tert-OH is 1. The summed E-state index contributed by atoms with van der Waals surface area (Å²) in [5.74, 6) is 5.85. The van der Waals surface area contributed by atoms with Crippen LogP contribution in [0.3, 0.4) is 0 Å². The SMILES string of the molecule is CCCC/C=C\C(O)C#CCCCCC. The van der Waals surface area contributed by atoms with Crippen molar-refractivity contribution in [2.75, 3.05) is 0 Å². The highest BCUT2D eigenvalue weighted by molar-refractivity contribution is 5.12. The van der Waals surface area contributed by atoms with Gasteiger partial charge in [0, 0.05) is 6.42 Å². The lowest BCUT2D eigenvalue weighted by atomic mass is 10.2. The van der Waals surface area contributed by atoms with Gasteiger partial charge in [-0.05, 0) is 18.9 Å². The number of rotatable bonds is 7. The van der Waals surface area contributed by atoms with Crippen LogP contribution < -0.4 is 0 Å². The molecule has 0 spiro atoms. The maximum absolute atomic E-state index is 9.44. The number of hydrogen-bond acceptors (Lipinski definition) is 1. The second kappa shape index (κ2) is 11.3. The largest absolute Gasteiger partial charge is 0.377 e. The average Bonchev–Trinajstić information content (AvgIpc) is 2.24. The summed E-state index contributed by atoms with van der Waals surface area (Å²) in [4.78, 5) is 0. The second-order valence-corrected chi connectivity index (χ2v) is 3.79. The lowest BCUT2D eigenvalue weighted by molar-refractivity contribution is 0.280. The van der Waals surface area contributed by atoms with Gasteiger partial charge >= 0.3 is 0 Å². The lowest BCUT2D eigenvalue weighted by Crippen LogP contribution is -1.96. The Kier molecular flexibility index (Phi) is 10.8. The fourth-order valence-corrected chi connectivity index (χ4v) is 1.24. The van der Waals surface area contributed by atoms with Gasteiger partial charge in [-0.1, -0.05) is 51.5 Å². The first-order valence-corrected chi connectivity index (χ1v) is 6.14. The molecule has 1 unspecified atom stereocenters. The predicted octanol–water partition coefficient (Wildman–Crippen LogP) is 3.68. The van der Waals surface area contributed by atoms with Gasteiger partial charge in [0.05, 0.1) is 0 Å². The summed E-state index contributed by atoms with van der Waals surface area (Å²) in [6, 6.07) is 0. The zero-order valence-corrected chi connectivity index (χ0v) is 10.1. The molecular formula is C14H24O. The van der Waals surface area contributed by atoms with Crippen molar-refractivity contribution in [3.8, 4) is 11.8 Å². The Balaban J connectivity index is 3.53. The molecular weight excluding hydrogens is 184 g/mol. The van der Waals surface area contributed by atoms with E-state index in [-0.39, 0.29) is 0 Å². The van der Waals surface area contributed by atoms with Gasteiger partial charge in [0.1, 0.15) is 6.10 Å². The van der Waals surface area contributed by atoms with Crippen LogP contribution in [-0.4, -0.2) is 11.2 Å². The average molecular weight is 208 g/mol. The molecule has 1 atom stereocenters. The van der Waals surface area contributed by atoms with E-state index in [9.17, 15) is 5.11 Å². The third kappa shape index (κ3) is 11.2. The molecule has 1 nitrogen and oxygen atoms in total. The van der Waals surface area contributed by atoms with Crippen LogP contribution in [0.15, 0.2) is 12.2 Å². The molecule has 0 saturated heterocycles. The lowest BCUT2D eigenvalue weighted by Gasteiger charge is -1.94. The maximum atomic E-state index is 9.44. The number of allylic oxidation sites excluding steroid dienone is 1. The van der Waals surface area contributed by atoms with E-state index in [1.165, 1.54) is 25.7 Å². The molecule has 1 N–H and O–H groups in total. The first-order valence-electron chi connectivity index (χ1n) is 6.14. The van der Waals surface area contributed by atoms with Gasteiger partial charge in [-0.25, -0.2) is 0 Å². The summed E-state index contributed by atoms with van der Waals surface area (Å²) >= 11 is 0. The van der Waals surface area contributed by atoms with Crippen molar-refractivity contribution in [1.29, 1.82) is 0 Å². The van der Waals surface area contributed by atoms with Crippen LogP contribution in [0.4, 0.5) is 0 Å². The Labute approximate surface area is 94.6 Å².